The Bertz CT molecular complexity index is 336. The van der Waals surface area contributed by atoms with Crippen LogP contribution in [0, 0.1) is 0 Å². The lowest BCUT2D eigenvalue weighted by Gasteiger charge is -2.10. The number of hydrogen-bond donors (Lipinski definition) is 0. The minimum Gasteiger partial charge on any atom is -0.347 e. The van der Waals surface area contributed by atoms with E-state index in [9.17, 15) is 4.79 Å². The van der Waals surface area contributed by atoms with Gasteiger partial charge in [-0.15, -0.1) is 5.10 Å². The monoisotopic (exact) mass is 184 g/mol. The summed E-state index contributed by atoms with van der Waals surface area (Å²) in [5.41, 5.74) is -0.0336. The minimum atomic E-state index is -0.0336. The first kappa shape index (κ1) is 9.83. The lowest BCUT2D eigenvalue weighted by molar-refractivity contribution is 0.611. The summed E-state index contributed by atoms with van der Waals surface area (Å²) in [4.78, 5) is 13.4. The van der Waals surface area contributed by atoms with Crippen molar-refractivity contribution >= 4 is 5.95 Å². The van der Waals surface area contributed by atoms with Crippen molar-refractivity contribution in [2.24, 2.45) is 0 Å². The summed E-state index contributed by atoms with van der Waals surface area (Å²) in [5.74, 6) is 0.717. The van der Waals surface area contributed by atoms with Gasteiger partial charge in [-0.25, -0.2) is 9.48 Å². The molecule has 1 rings (SSSR count). The number of nitrogens with zero attached hydrogens (tertiary/aromatic N) is 4. The molecule has 1 aromatic rings. The summed E-state index contributed by atoms with van der Waals surface area (Å²) >= 11 is 0. The van der Waals surface area contributed by atoms with E-state index in [1.807, 2.05) is 32.8 Å². The molecule has 0 unspecified atom stereocenters. The molecule has 13 heavy (non-hydrogen) atoms. The van der Waals surface area contributed by atoms with Gasteiger partial charge in [-0.1, -0.05) is 0 Å². The number of anilines is 1. The van der Waals surface area contributed by atoms with Crippen molar-refractivity contribution in [1.82, 2.24) is 14.3 Å². The Morgan fingerprint density at radius 1 is 1.31 bits per heavy atom. The van der Waals surface area contributed by atoms with E-state index in [0.29, 0.717) is 19.0 Å². The molecule has 0 saturated heterocycles. The zero-order valence-electron chi connectivity index (χ0n) is 8.61. The second-order valence-corrected chi connectivity index (χ2v) is 3.04. The summed E-state index contributed by atoms with van der Waals surface area (Å²) in [6.45, 7) is 5.13. The molecule has 5 heteroatoms. The lowest BCUT2D eigenvalue weighted by atomic mass is 10.7. The van der Waals surface area contributed by atoms with Gasteiger partial charge in [0.1, 0.15) is 0 Å². The maximum Gasteiger partial charge on any atom is 0.347 e. The van der Waals surface area contributed by atoms with E-state index in [2.05, 4.69) is 5.10 Å². The average Bonchev–Trinajstić information content (AvgIpc) is 2.42. The minimum absolute atomic E-state index is 0.0336. The van der Waals surface area contributed by atoms with E-state index in [4.69, 9.17) is 0 Å². The lowest BCUT2D eigenvalue weighted by Crippen LogP contribution is -2.25. The maximum absolute atomic E-state index is 11.6. The zero-order valence-corrected chi connectivity index (χ0v) is 8.61. The summed E-state index contributed by atoms with van der Waals surface area (Å²) in [6.07, 6.45) is 0. The van der Waals surface area contributed by atoms with Crippen molar-refractivity contribution in [3.63, 3.8) is 0 Å². The van der Waals surface area contributed by atoms with E-state index in [-0.39, 0.29) is 5.69 Å². The van der Waals surface area contributed by atoms with Crippen LogP contribution in [0.4, 0.5) is 5.95 Å². The molecule has 0 atom stereocenters. The molecule has 0 saturated carbocycles. The molecule has 74 valence electrons. The molecular formula is C8H16N4O. The van der Waals surface area contributed by atoms with E-state index < -0.39 is 0 Å². The topological polar surface area (TPSA) is 43.1 Å². The summed E-state index contributed by atoms with van der Waals surface area (Å²) in [6, 6.07) is 0. The highest BCUT2D eigenvalue weighted by Crippen LogP contribution is 2.03. The molecule has 0 aliphatic heterocycles. The van der Waals surface area contributed by atoms with Gasteiger partial charge in [0, 0.05) is 27.2 Å². The van der Waals surface area contributed by atoms with Gasteiger partial charge in [0.25, 0.3) is 0 Å². The van der Waals surface area contributed by atoms with Crippen LogP contribution in [-0.4, -0.2) is 28.4 Å². The molecule has 1 heterocycles. The Kier molecular flexibility index (Phi) is 2.75. The summed E-state index contributed by atoms with van der Waals surface area (Å²) in [7, 11) is 3.77. The first-order chi connectivity index (χ1) is 6.11. The van der Waals surface area contributed by atoms with Crippen LogP contribution >= 0.6 is 0 Å². The second kappa shape index (κ2) is 3.64. The van der Waals surface area contributed by atoms with Crippen LogP contribution in [0.3, 0.4) is 0 Å². The van der Waals surface area contributed by atoms with Gasteiger partial charge in [-0.05, 0) is 13.8 Å². The van der Waals surface area contributed by atoms with Gasteiger partial charge < -0.3 is 4.90 Å². The molecule has 0 aromatic carbocycles. The van der Waals surface area contributed by atoms with Crippen molar-refractivity contribution in [3.05, 3.63) is 10.5 Å². The van der Waals surface area contributed by atoms with E-state index >= 15 is 0 Å². The smallest absolute Gasteiger partial charge is 0.347 e. The Labute approximate surface area is 77.6 Å². The van der Waals surface area contributed by atoms with Gasteiger partial charge in [0.2, 0.25) is 5.95 Å². The van der Waals surface area contributed by atoms with Crippen molar-refractivity contribution in [2.75, 3.05) is 19.0 Å². The highest BCUT2D eigenvalue weighted by Gasteiger charge is 2.11. The van der Waals surface area contributed by atoms with Gasteiger partial charge in [-0.3, -0.25) is 4.57 Å². The Morgan fingerprint density at radius 2 is 1.92 bits per heavy atom. The molecule has 0 radical (unpaired) electrons. The van der Waals surface area contributed by atoms with Gasteiger partial charge in [0.15, 0.2) is 0 Å². The number of rotatable bonds is 3. The van der Waals surface area contributed by atoms with Crippen LogP contribution in [0.1, 0.15) is 13.8 Å². The molecule has 1 aromatic heterocycles. The Balaban J connectivity index is 3.28. The van der Waals surface area contributed by atoms with Gasteiger partial charge >= 0.3 is 5.69 Å². The Hall–Kier alpha value is -1.26. The predicted octanol–water partition coefficient (Wildman–Crippen LogP) is 0.151. The maximum atomic E-state index is 11.6. The highest BCUT2D eigenvalue weighted by molar-refractivity contribution is 5.25. The van der Waals surface area contributed by atoms with Crippen LogP contribution in [-0.2, 0) is 13.1 Å². The Morgan fingerprint density at radius 3 is 2.23 bits per heavy atom. The zero-order chi connectivity index (χ0) is 10.0. The first-order valence-corrected chi connectivity index (χ1v) is 4.46. The standard InChI is InChI=1S/C8H16N4O/c1-5-11-7(10(3)4)9-12(6-2)8(11)13/h5-6H2,1-4H3. The van der Waals surface area contributed by atoms with Gasteiger partial charge in [0.05, 0.1) is 0 Å². The number of aryl methyl sites for hydroxylation is 1. The largest absolute Gasteiger partial charge is 0.347 e. The molecule has 0 aliphatic carbocycles. The SMILES string of the molecule is CCn1nc(N(C)C)n(CC)c1=O. The third kappa shape index (κ3) is 1.59. The number of hydrogen-bond acceptors (Lipinski definition) is 3. The highest BCUT2D eigenvalue weighted by atomic mass is 16.2. The molecule has 0 bridgehead atoms. The van der Waals surface area contributed by atoms with Crippen LogP contribution in [0.25, 0.3) is 0 Å². The van der Waals surface area contributed by atoms with E-state index in [0.717, 1.165) is 0 Å². The third-order valence-electron chi connectivity index (χ3n) is 1.92. The van der Waals surface area contributed by atoms with Crippen LogP contribution in [0.15, 0.2) is 4.79 Å². The van der Waals surface area contributed by atoms with Crippen molar-refractivity contribution in [1.29, 1.82) is 0 Å². The summed E-state index contributed by atoms with van der Waals surface area (Å²) in [5, 5.41) is 4.19. The fourth-order valence-corrected chi connectivity index (χ4v) is 1.24. The second-order valence-electron chi connectivity index (χ2n) is 3.04. The molecule has 0 amide bonds. The number of aromatic nitrogens is 3. The van der Waals surface area contributed by atoms with Crippen molar-refractivity contribution in [2.45, 2.75) is 26.9 Å². The van der Waals surface area contributed by atoms with E-state index in [1.165, 1.54) is 4.68 Å². The average molecular weight is 184 g/mol. The molecule has 5 nitrogen and oxygen atoms in total. The molecule has 0 aliphatic rings. The van der Waals surface area contributed by atoms with Crippen LogP contribution in [0.5, 0.6) is 0 Å². The quantitative estimate of drug-likeness (QED) is 0.671. The molecule has 0 fully saturated rings. The van der Waals surface area contributed by atoms with Crippen LogP contribution in [0.2, 0.25) is 0 Å². The van der Waals surface area contributed by atoms with Gasteiger partial charge in [-0.2, -0.15) is 0 Å². The molecule has 0 N–H and O–H groups in total. The van der Waals surface area contributed by atoms with Crippen molar-refractivity contribution < 1.29 is 0 Å². The first-order valence-electron chi connectivity index (χ1n) is 4.46. The fraction of sp³-hybridized carbons (Fsp3) is 0.750. The molecular weight excluding hydrogens is 168 g/mol. The third-order valence-corrected chi connectivity index (χ3v) is 1.92. The van der Waals surface area contributed by atoms with E-state index in [1.54, 1.807) is 4.57 Å². The van der Waals surface area contributed by atoms with Crippen LogP contribution < -0.4 is 10.6 Å². The fourth-order valence-electron chi connectivity index (χ4n) is 1.24. The predicted molar refractivity (Wildman–Crippen MR) is 52.2 cm³/mol. The summed E-state index contributed by atoms with van der Waals surface area (Å²) < 4.78 is 3.13. The normalized spacial score (nSPS) is 10.5. The van der Waals surface area contributed by atoms with Crippen molar-refractivity contribution in [3.8, 4) is 0 Å². The molecule has 0 spiro atoms.